The number of piperazine rings is 1. The minimum absolute atomic E-state index is 0.783. The van der Waals surface area contributed by atoms with Gasteiger partial charge in [-0.25, -0.2) is 0 Å². The predicted molar refractivity (Wildman–Crippen MR) is 80.8 cm³/mol. The normalized spacial score (nSPS) is 17.5. The Morgan fingerprint density at radius 1 is 1.30 bits per heavy atom. The van der Waals surface area contributed by atoms with Gasteiger partial charge in [0.05, 0.1) is 18.8 Å². The summed E-state index contributed by atoms with van der Waals surface area (Å²) in [7, 11) is 1.76. The molecule has 1 saturated heterocycles. The smallest absolute Gasteiger partial charge is 0.0638 e. The summed E-state index contributed by atoms with van der Waals surface area (Å²) in [6.07, 6.45) is 4.03. The standard InChI is InChI=1S/C15H26N4O/c1-4-5-19-13-15(14(2)16-19)12-18-8-6-17(7-9-18)10-11-20-3/h4,13H,1,5-12H2,2-3H3. The number of rotatable bonds is 7. The largest absolute Gasteiger partial charge is 0.383 e. The number of methoxy groups -OCH3 is 1. The molecule has 1 fully saturated rings. The first-order valence-electron chi connectivity index (χ1n) is 7.30. The zero-order valence-corrected chi connectivity index (χ0v) is 12.7. The number of aromatic nitrogens is 2. The first-order valence-corrected chi connectivity index (χ1v) is 7.30. The molecule has 0 unspecified atom stereocenters. The summed E-state index contributed by atoms with van der Waals surface area (Å²) in [6, 6.07) is 0. The van der Waals surface area contributed by atoms with E-state index in [9.17, 15) is 0 Å². The van der Waals surface area contributed by atoms with Crippen LogP contribution in [-0.2, 0) is 17.8 Å². The fourth-order valence-electron chi connectivity index (χ4n) is 2.57. The fourth-order valence-corrected chi connectivity index (χ4v) is 2.57. The lowest BCUT2D eigenvalue weighted by atomic mass is 10.2. The molecule has 5 nitrogen and oxygen atoms in total. The van der Waals surface area contributed by atoms with Gasteiger partial charge in [0.25, 0.3) is 0 Å². The van der Waals surface area contributed by atoms with Crippen LogP contribution in [0.5, 0.6) is 0 Å². The third kappa shape index (κ3) is 4.16. The number of hydrogen-bond acceptors (Lipinski definition) is 4. The SMILES string of the molecule is C=CCn1cc(CN2CCN(CCOC)CC2)c(C)n1. The highest BCUT2D eigenvalue weighted by atomic mass is 16.5. The van der Waals surface area contributed by atoms with Crippen LogP contribution in [0.15, 0.2) is 18.9 Å². The van der Waals surface area contributed by atoms with E-state index in [2.05, 4.69) is 34.6 Å². The van der Waals surface area contributed by atoms with E-state index in [-0.39, 0.29) is 0 Å². The van der Waals surface area contributed by atoms with Gasteiger partial charge in [-0.1, -0.05) is 6.08 Å². The molecule has 0 amide bonds. The second kappa shape index (κ2) is 7.57. The second-order valence-corrected chi connectivity index (χ2v) is 5.36. The summed E-state index contributed by atoms with van der Waals surface area (Å²) in [5, 5.41) is 4.51. The summed E-state index contributed by atoms with van der Waals surface area (Å²) in [5.74, 6) is 0. The number of allylic oxidation sites excluding steroid dienone is 1. The summed E-state index contributed by atoms with van der Waals surface area (Å²) < 4.78 is 7.10. The molecule has 0 aromatic carbocycles. The molecule has 2 heterocycles. The lowest BCUT2D eigenvalue weighted by Crippen LogP contribution is -2.46. The molecule has 0 saturated carbocycles. The zero-order chi connectivity index (χ0) is 14.4. The molecule has 2 rings (SSSR count). The molecule has 112 valence electrons. The minimum Gasteiger partial charge on any atom is -0.383 e. The molecule has 0 N–H and O–H groups in total. The summed E-state index contributed by atoms with van der Waals surface area (Å²) in [6.45, 7) is 14.0. The number of nitrogens with zero attached hydrogens (tertiary/aromatic N) is 4. The van der Waals surface area contributed by atoms with Crippen molar-refractivity contribution in [3.63, 3.8) is 0 Å². The van der Waals surface area contributed by atoms with Gasteiger partial charge < -0.3 is 4.74 Å². The van der Waals surface area contributed by atoms with E-state index in [0.717, 1.165) is 58.1 Å². The lowest BCUT2D eigenvalue weighted by Gasteiger charge is -2.34. The molecule has 0 radical (unpaired) electrons. The van der Waals surface area contributed by atoms with E-state index in [4.69, 9.17) is 4.74 Å². The molecule has 0 bridgehead atoms. The summed E-state index contributed by atoms with van der Waals surface area (Å²) >= 11 is 0. The van der Waals surface area contributed by atoms with Crippen LogP contribution in [0.3, 0.4) is 0 Å². The molecule has 5 heteroatoms. The lowest BCUT2D eigenvalue weighted by molar-refractivity contribution is 0.0937. The van der Waals surface area contributed by atoms with Crippen LogP contribution in [0.1, 0.15) is 11.3 Å². The van der Waals surface area contributed by atoms with Crippen molar-refractivity contribution < 1.29 is 4.74 Å². The van der Waals surface area contributed by atoms with Crippen LogP contribution >= 0.6 is 0 Å². The molecule has 1 aliphatic heterocycles. The van der Waals surface area contributed by atoms with Crippen molar-refractivity contribution in [3.05, 3.63) is 30.1 Å². The maximum Gasteiger partial charge on any atom is 0.0638 e. The third-order valence-corrected chi connectivity index (χ3v) is 3.83. The third-order valence-electron chi connectivity index (χ3n) is 3.83. The summed E-state index contributed by atoms with van der Waals surface area (Å²) in [5.41, 5.74) is 2.46. The molecule has 1 aliphatic rings. The van der Waals surface area contributed by atoms with E-state index < -0.39 is 0 Å². The predicted octanol–water partition coefficient (Wildman–Crippen LogP) is 1.14. The monoisotopic (exact) mass is 278 g/mol. The number of aryl methyl sites for hydroxylation is 1. The van der Waals surface area contributed by atoms with E-state index in [1.165, 1.54) is 5.56 Å². The van der Waals surface area contributed by atoms with Crippen molar-refractivity contribution >= 4 is 0 Å². The van der Waals surface area contributed by atoms with E-state index >= 15 is 0 Å². The molecule has 0 atom stereocenters. The van der Waals surface area contributed by atoms with Gasteiger partial charge in [-0.2, -0.15) is 5.10 Å². The van der Waals surface area contributed by atoms with E-state index in [1.54, 1.807) is 7.11 Å². The minimum atomic E-state index is 0.783. The van der Waals surface area contributed by atoms with Crippen LogP contribution in [0.25, 0.3) is 0 Å². The van der Waals surface area contributed by atoms with Crippen molar-refractivity contribution in [2.75, 3.05) is 46.4 Å². The highest BCUT2D eigenvalue weighted by Gasteiger charge is 2.17. The van der Waals surface area contributed by atoms with Crippen molar-refractivity contribution in [1.29, 1.82) is 0 Å². The fraction of sp³-hybridized carbons (Fsp3) is 0.667. The Bertz CT molecular complexity index is 422. The van der Waals surface area contributed by atoms with Crippen molar-refractivity contribution in [2.45, 2.75) is 20.0 Å². The van der Waals surface area contributed by atoms with Gasteiger partial charge in [0.2, 0.25) is 0 Å². The van der Waals surface area contributed by atoms with Crippen molar-refractivity contribution in [3.8, 4) is 0 Å². The molecule has 0 aliphatic carbocycles. The number of hydrogen-bond donors (Lipinski definition) is 0. The highest BCUT2D eigenvalue weighted by molar-refractivity contribution is 5.15. The molecule has 1 aromatic rings. The Morgan fingerprint density at radius 3 is 2.65 bits per heavy atom. The zero-order valence-electron chi connectivity index (χ0n) is 12.7. The van der Waals surface area contributed by atoms with Crippen LogP contribution in [-0.4, -0.2) is 66.0 Å². The first kappa shape index (κ1) is 15.2. The van der Waals surface area contributed by atoms with Gasteiger partial charge in [0.1, 0.15) is 0 Å². The quantitative estimate of drug-likeness (QED) is 0.701. The van der Waals surface area contributed by atoms with Gasteiger partial charge in [0, 0.05) is 58.1 Å². The second-order valence-electron chi connectivity index (χ2n) is 5.36. The Balaban J connectivity index is 1.81. The molecular formula is C15H26N4O. The maximum absolute atomic E-state index is 5.13. The van der Waals surface area contributed by atoms with Crippen LogP contribution < -0.4 is 0 Å². The van der Waals surface area contributed by atoms with Crippen LogP contribution in [0, 0.1) is 6.92 Å². The molecule has 20 heavy (non-hydrogen) atoms. The highest BCUT2D eigenvalue weighted by Crippen LogP contribution is 2.11. The average molecular weight is 278 g/mol. The van der Waals surface area contributed by atoms with Crippen molar-refractivity contribution in [2.24, 2.45) is 0 Å². The van der Waals surface area contributed by atoms with Crippen molar-refractivity contribution in [1.82, 2.24) is 19.6 Å². The van der Waals surface area contributed by atoms with E-state index in [1.807, 2.05) is 10.8 Å². The van der Waals surface area contributed by atoms with Gasteiger partial charge in [-0.15, -0.1) is 6.58 Å². The van der Waals surface area contributed by atoms with Crippen LogP contribution in [0.4, 0.5) is 0 Å². The Labute approximate surface area is 121 Å². The molecule has 1 aromatic heterocycles. The van der Waals surface area contributed by atoms with Gasteiger partial charge >= 0.3 is 0 Å². The molecule has 0 spiro atoms. The Kier molecular flexibility index (Phi) is 5.76. The topological polar surface area (TPSA) is 33.5 Å². The van der Waals surface area contributed by atoms with Crippen LogP contribution in [0.2, 0.25) is 0 Å². The Morgan fingerprint density at radius 2 is 2.00 bits per heavy atom. The van der Waals surface area contributed by atoms with Gasteiger partial charge in [-0.3, -0.25) is 14.5 Å². The number of ether oxygens (including phenoxy) is 1. The summed E-state index contributed by atoms with van der Waals surface area (Å²) in [4.78, 5) is 4.97. The van der Waals surface area contributed by atoms with E-state index in [0.29, 0.717) is 0 Å². The molecular weight excluding hydrogens is 252 g/mol. The van der Waals surface area contributed by atoms with Gasteiger partial charge in [0.15, 0.2) is 0 Å². The average Bonchev–Trinajstić information content (AvgIpc) is 2.79. The van der Waals surface area contributed by atoms with Gasteiger partial charge in [-0.05, 0) is 6.92 Å². The first-order chi connectivity index (χ1) is 9.72. The maximum atomic E-state index is 5.13. The Hall–Kier alpha value is -1.17.